The normalized spacial score (nSPS) is 20.0. The first-order valence-corrected chi connectivity index (χ1v) is 11.3. The fraction of sp³-hybridized carbons (Fsp3) is 0.400. The second-order valence-corrected chi connectivity index (χ2v) is 8.90. The van der Waals surface area contributed by atoms with Crippen LogP contribution in [0.15, 0.2) is 48.5 Å². The highest BCUT2D eigenvalue weighted by atomic mass is 19.4. The summed E-state index contributed by atoms with van der Waals surface area (Å²) in [4.78, 5) is 35.9. The summed E-state index contributed by atoms with van der Waals surface area (Å²) >= 11 is 0. The van der Waals surface area contributed by atoms with Crippen LogP contribution in [0.4, 0.5) is 18.0 Å². The van der Waals surface area contributed by atoms with E-state index in [0.717, 1.165) is 22.3 Å². The van der Waals surface area contributed by atoms with Crippen LogP contribution in [0.3, 0.4) is 0 Å². The Balaban J connectivity index is 1.29. The predicted molar refractivity (Wildman–Crippen MR) is 120 cm³/mol. The molecule has 2 amide bonds. The van der Waals surface area contributed by atoms with Crippen molar-refractivity contribution >= 4 is 18.0 Å². The highest BCUT2D eigenvalue weighted by Gasteiger charge is 2.39. The minimum Gasteiger partial charge on any atom is -0.480 e. The van der Waals surface area contributed by atoms with Gasteiger partial charge in [0.05, 0.1) is 6.42 Å². The molecule has 1 saturated carbocycles. The van der Waals surface area contributed by atoms with E-state index >= 15 is 0 Å². The first-order valence-electron chi connectivity index (χ1n) is 11.3. The number of carbonyl (C=O) groups excluding carboxylic acids is 2. The standard InChI is InChI=1S/C25H25F3N2O5/c26-25(27,28)12-21(23(32)33)30-22(31)14-9-10-15(11-14)29-24(34)35-13-20-18-7-3-1-5-16(18)17-6-2-4-8-19(17)20/h1-8,14-15,20-21H,9-13H2,(H,29,34)(H,30,31)(H,32,33)/t14-,15+,21?/m0/s1. The molecule has 7 nitrogen and oxygen atoms in total. The zero-order chi connectivity index (χ0) is 25.2. The Hall–Kier alpha value is -3.56. The molecule has 0 spiro atoms. The van der Waals surface area contributed by atoms with Crippen molar-refractivity contribution in [1.29, 1.82) is 0 Å². The Morgan fingerprint density at radius 1 is 1.00 bits per heavy atom. The lowest BCUT2D eigenvalue weighted by Gasteiger charge is -2.19. The molecule has 3 atom stereocenters. The number of carboxylic acids is 1. The molecule has 186 valence electrons. The van der Waals surface area contributed by atoms with Crippen molar-refractivity contribution in [3.8, 4) is 11.1 Å². The lowest BCUT2D eigenvalue weighted by molar-refractivity contribution is -0.160. The Morgan fingerprint density at radius 3 is 2.17 bits per heavy atom. The van der Waals surface area contributed by atoms with Crippen LogP contribution in [0.1, 0.15) is 42.7 Å². The number of amides is 2. The molecule has 1 unspecified atom stereocenters. The van der Waals surface area contributed by atoms with Gasteiger partial charge in [0.25, 0.3) is 0 Å². The molecule has 2 aromatic carbocycles. The van der Waals surface area contributed by atoms with Crippen molar-refractivity contribution in [2.24, 2.45) is 5.92 Å². The maximum atomic E-state index is 12.6. The number of fused-ring (bicyclic) bond motifs is 3. The Bertz CT molecular complexity index is 1070. The van der Waals surface area contributed by atoms with E-state index in [0.29, 0.717) is 12.8 Å². The summed E-state index contributed by atoms with van der Waals surface area (Å²) in [5.41, 5.74) is 4.36. The fourth-order valence-electron chi connectivity index (χ4n) is 4.88. The second-order valence-electron chi connectivity index (χ2n) is 8.90. The third-order valence-electron chi connectivity index (χ3n) is 6.52. The van der Waals surface area contributed by atoms with Crippen molar-refractivity contribution in [2.45, 2.75) is 49.9 Å². The van der Waals surface area contributed by atoms with Gasteiger partial charge >= 0.3 is 18.2 Å². The third kappa shape index (κ3) is 5.75. The maximum Gasteiger partial charge on any atom is 0.407 e. The largest absolute Gasteiger partial charge is 0.480 e. The van der Waals surface area contributed by atoms with E-state index in [1.807, 2.05) is 53.8 Å². The molecule has 3 N–H and O–H groups in total. The number of carboxylic acid groups (broad SMARTS) is 1. The van der Waals surface area contributed by atoms with Gasteiger partial charge in [-0.3, -0.25) is 4.79 Å². The van der Waals surface area contributed by atoms with Gasteiger partial charge in [-0.05, 0) is 41.5 Å². The summed E-state index contributed by atoms with van der Waals surface area (Å²) in [5, 5.41) is 13.7. The molecule has 0 saturated heterocycles. The maximum absolute atomic E-state index is 12.6. The van der Waals surface area contributed by atoms with Crippen molar-refractivity contribution in [3.63, 3.8) is 0 Å². The smallest absolute Gasteiger partial charge is 0.407 e. The third-order valence-corrected chi connectivity index (χ3v) is 6.52. The van der Waals surface area contributed by atoms with Crippen molar-refractivity contribution in [1.82, 2.24) is 10.6 Å². The molecule has 35 heavy (non-hydrogen) atoms. The van der Waals surface area contributed by atoms with E-state index in [2.05, 4.69) is 5.32 Å². The Morgan fingerprint density at radius 2 is 1.60 bits per heavy atom. The van der Waals surface area contributed by atoms with E-state index in [-0.39, 0.29) is 18.9 Å². The summed E-state index contributed by atoms with van der Waals surface area (Å²) in [6.45, 7) is 0.133. The molecule has 1 fully saturated rings. The molecule has 2 aliphatic rings. The van der Waals surface area contributed by atoms with Crippen LogP contribution >= 0.6 is 0 Å². The summed E-state index contributed by atoms with van der Waals surface area (Å²) in [7, 11) is 0. The molecule has 10 heteroatoms. The summed E-state index contributed by atoms with van der Waals surface area (Å²) in [6, 6.07) is 13.4. The van der Waals surface area contributed by atoms with Crippen molar-refractivity contribution < 1.29 is 37.4 Å². The zero-order valence-corrected chi connectivity index (χ0v) is 18.7. The van der Waals surface area contributed by atoms with E-state index in [4.69, 9.17) is 9.84 Å². The van der Waals surface area contributed by atoms with Crippen LogP contribution in [-0.2, 0) is 14.3 Å². The highest BCUT2D eigenvalue weighted by Crippen LogP contribution is 2.44. The minimum absolute atomic E-state index is 0.100. The van der Waals surface area contributed by atoms with Gasteiger partial charge in [-0.25, -0.2) is 9.59 Å². The SMILES string of the molecule is O=C(N[C@@H]1CC[C@H](C(=O)NC(CC(F)(F)F)C(=O)O)C1)OCC1c2ccccc2-c2ccccc21. The molecule has 0 bridgehead atoms. The van der Waals surface area contributed by atoms with Gasteiger partial charge in [-0.2, -0.15) is 13.2 Å². The number of halogens is 3. The van der Waals surface area contributed by atoms with Crippen LogP contribution in [0, 0.1) is 5.92 Å². The molecule has 4 rings (SSSR count). The highest BCUT2D eigenvalue weighted by molar-refractivity contribution is 5.85. The average molecular weight is 490 g/mol. The predicted octanol–water partition coefficient (Wildman–Crippen LogP) is 4.22. The quantitative estimate of drug-likeness (QED) is 0.539. The monoisotopic (exact) mass is 490 g/mol. The first kappa shape index (κ1) is 24.6. The Labute approximate surface area is 199 Å². The topological polar surface area (TPSA) is 105 Å². The molecule has 0 radical (unpaired) electrons. The number of aliphatic carboxylic acids is 1. The minimum atomic E-state index is -4.72. The number of benzene rings is 2. The van der Waals surface area contributed by atoms with Crippen LogP contribution in [0.5, 0.6) is 0 Å². The average Bonchev–Trinajstić information content (AvgIpc) is 3.39. The number of nitrogens with one attached hydrogen (secondary N) is 2. The number of rotatable bonds is 7. The number of ether oxygens (including phenoxy) is 1. The van der Waals surface area contributed by atoms with Crippen molar-refractivity contribution in [3.05, 3.63) is 59.7 Å². The summed E-state index contributed by atoms with van der Waals surface area (Å²) in [6.07, 6.45) is -6.08. The van der Waals surface area contributed by atoms with Crippen LogP contribution in [0.25, 0.3) is 11.1 Å². The molecule has 0 aromatic heterocycles. The summed E-state index contributed by atoms with van der Waals surface area (Å²) < 4.78 is 43.2. The molecular weight excluding hydrogens is 465 g/mol. The number of alkyl halides is 3. The van der Waals surface area contributed by atoms with Gasteiger partial charge < -0.3 is 20.5 Å². The van der Waals surface area contributed by atoms with Crippen LogP contribution in [0.2, 0.25) is 0 Å². The van der Waals surface area contributed by atoms with E-state index in [1.54, 1.807) is 0 Å². The number of carbonyl (C=O) groups is 3. The van der Waals surface area contributed by atoms with Crippen LogP contribution < -0.4 is 10.6 Å². The van der Waals surface area contributed by atoms with Gasteiger partial charge in [-0.15, -0.1) is 0 Å². The van der Waals surface area contributed by atoms with E-state index < -0.39 is 48.6 Å². The number of hydrogen-bond donors (Lipinski definition) is 3. The lowest BCUT2D eigenvalue weighted by Crippen LogP contribution is -2.45. The molecule has 0 heterocycles. The lowest BCUT2D eigenvalue weighted by atomic mass is 9.98. The number of alkyl carbamates (subject to hydrolysis) is 1. The number of hydrogen-bond acceptors (Lipinski definition) is 4. The summed E-state index contributed by atoms with van der Waals surface area (Å²) in [5.74, 6) is -3.30. The van der Waals surface area contributed by atoms with Gasteiger partial charge in [0, 0.05) is 17.9 Å². The molecule has 0 aliphatic heterocycles. The van der Waals surface area contributed by atoms with Gasteiger partial charge in [0.1, 0.15) is 12.6 Å². The molecule has 2 aliphatic carbocycles. The second kappa shape index (κ2) is 9.97. The Kier molecular flexibility index (Phi) is 7.00. The van der Waals surface area contributed by atoms with Crippen molar-refractivity contribution in [2.75, 3.05) is 6.61 Å². The zero-order valence-electron chi connectivity index (χ0n) is 18.7. The fourth-order valence-corrected chi connectivity index (χ4v) is 4.88. The van der Waals surface area contributed by atoms with E-state index in [1.165, 1.54) is 0 Å². The van der Waals surface area contributed by atoms with Crippen LogP contribution in [-0.4, -0.2) is 47.9 Å². The molecular formula is C25H25F3N2O5. The molecule has 2 aromatic rings. The first-order chi connectivity index (χ1) is 16.6. The van der Waals surface area contributed by atoms with Gasteiger partial charge in [0.15, 0.2) is 0 Å². The van der Waals surface area contributed by atoms with Gasteiger partial charge in [-0.1, -0.05) is 48.5 Å². The van der Waals surface area contributed by atoms with E-state index in [9.17, 15) is 27.6 Å². The van der Waals surface area contributed by atoms with Gasteiger partial charge in [0.2, 0.25) is 5.91 Å².